The molecule has 0 bridgehead atoms. The van der Waals surface area contributed by atoms with E-state index in [1.807, 2.05) is 17.0 Å². The Morgan fingerprint density at radius 1 is 1.11 bits per heavy atom. The Morgan fingerprint density at radius 2 is 1.86 bits per heavy atom. The quantitative estimate of drug-likeness (QED) is 0.416. The highest BCUT2D eigenvalue weighted by Crippen LogP contribution is 2.30. The van der Waals surface area contributed by atoms with Gasteiger partial charge >= 0.3 is 6.18 Å². The summed E-state index contributed by atoms with van der Waals surface area (Å²) in [7, 11) is 0. The molecule has 0 spiro atoms. The zero-order valence-electron chi connectivity index (χ0n) is 18.9. The summed E-state index contributed by atoms with van der Waals surface area (Å²) in [5.74, 6) is -0.0870. The van der Waals surface area contributed by atoms with E-state index in [-0.39, 0.29) is 36.7 Å². The van der Waals surface area contributed by atoms with Gasteiger partial charge < -0.3 is 14.5 Å². The number of carbonyl (C=O) groups excluding carboxylic acids is 1. The van der Waals surface area contributed by atoms with Gasteiger partial charge in [-0.05, 0) is 42.2 Å². The summed E-state index contributed by atoms with van der Waals surface area (Å²) in [5, 5.41) is 3.35. The molecule has 6 nitrogen and oxygen atoms in total. The molecule has 4 rings (SSSR count). The Morgan fingerprint density at radius 3 is 2.54 bits per heavy atom. The maximum absolute atomic E-state index is 13.2. The van der Waals surface area contributed by atoms with E-state index in [1.54, 1.807) is 18.2 Å². The number of carbonyl (C=O) groups is 1. The van der Waals surface area contributed by atoms with Gasteiger partial charge in [0.25, 0.3) is 5.91 Å². The molecule has 1 N–H and O–H groups in total. The van der Waals surface area contributed by atoms with Gasteiger partial charge in [-0.1, -0.05) is 41.9 Å². The van der Waals surface area contributed by atoms with Crippen molar-refractivity contribution in [3.05, 3.63) is 88.1 Å². The van der Waals surface area contributed by atoms with Gasteiger partial charge in [-0.3, -0.25) is 9.69 Å². The maximum atomic E-state index is 13.2. The number of nitrogens with zero attached hydrogens (tertiary/aromatic N) is 2. The van der Waals surface area contributed by atoms with E-state index in [4.69, 9.17) is 20.8 Å². The van der Waals surface area contributed by atoms with Gasteiger partial charge in [0.2, 0.25) is 5.89 Å². The summed E-state index contributed by atoms with van der Waals surface area (Å²) in [6, 6.07) is 12.4. The highest BCUT2D eigenvalue weighted by atomic mass is 35.5. The summed E-state index contributed by atoms with van der Waals surface area (Å²) in [6.45, 7) is 1.88. The molecule has 1 aliphatic heterocycles. The Bertz CT molecular complexity index is 1150. The molecule has 10 heteroatoms. The predicted octanol–water partition coefficient (Wildman–Crippen LogP) is 5.46. The number of ether oxygens (including phenoxy) is 1. The van der Waals surface area contributed by atoms with Crippen LogP contribution in [-0.2, 0) is 30.5 Å². The topological polar surface area (TPSA) is 67.6 Å². The molecule has 2 heterocycles. The molecule has 3 aromatic rings. The van der Waals surface area contributed by atoms with Crippen molar-refractivity contribution in [3.8, 4) is 0 Å². The minimum Gasteiger partial charge on any atom is -0.447 e. The number of oxazole rings is 1. The van der Waals surface area contributed by atoms with Gasteiger partial charge in [-0.25, -0.2) is 4.98 Å². The van der Waals surface area contributed by atoms with Crippen LogP contribution in [0.1, 0.15) is 45.9 Å². The minimum absolute atomic E-state index is 0.00553. The molecule has 0 aliphatic carbocycles. The molecule has 1 aromatic heterocycles. The second kappa shape index (κ2) is 11.2. The van der Waals surface area contributed by atoms with Crippen molar-refractivity contribution in [2.45, 2.75) is 44.8 Å². The van der Waals surface area contributed by atoms with Crippen molar-refractivity contribution in [2.24, 2.45) is 0 Å². The van der Waals surface area contributed by atoms with Crippen molar-refractivity contribution in [2.75, 3.05) is 13.2 Å². The van der Waals surface area contributed by atoms with Gasteiger partial charge in [0.05, 0.1) is 18.2 Å². The Hall–Kier alpha value is -2.88. The van der Waals surface area contributed by atoms with Gasteiger partial charge in [0, 0.05) is 31.3 Å². The molecule has 35 heavy (non-hydrogen) atoms. The lowest BCUT2D eigenvalue weighted by atomic mass is 10.1. The van der Waals surface area contributed by atoms with E-state index in [0.717, 1.165) is 30.5 Å². The fourth-order valence-corrected chi connectivity index (χ4v) is 4.16. The zero-order valence-corrected chi connectivity index (χ0v) is 19.6. The Balaban J connectivity index is 1.47. The molecule has 0 saturated carbocycles. The summed E-state index contributed by atoms with van der Waals surface area (Å²) in [6.07, 6.45) is -1.27. The number of rotatable bonds is 9. The number of nitrogens with one attached hydrogen (secondary N) is 1. The van der Waals surface area contributed by atoms with Crippen molar-refractivity contribution < 1.29 is 27.1 Å². The summed E-state index contributed by atoms with van der Waals surface area (Å²) >= 11 is 6.11. The van der Waals surface area contributed by atoms with Crippen molar-refractivity contribution in [1.82, 2.24) is 15.2 Å². The number of alkyl halides is 3. The molecule has 0 unspecified atom stereocenters. The lowest BCUT2D eigenvalue weighted by Gasteiger charge is -2.22. The van der Waals surface area contributed by atoms with E-state index in [1.165, 1.54) is 12.3 Å². The van der Waals surface area contributed by atoms with Crippen LogP contribution in [0.15, 0.2) is 59.2 Å². The SMILES string of the molecule is O=C(NC[C@H]1CCCO1)c1coc(CN(Cc2cccc(Cl)c2)Cc2cccc(C(F)(F)F)c2)n1. The van der Waals surface area contributed by atoms with Crippen molar-refractivity contribution in [1.29, 1.82) is 0 Å². The third-order valence-corrected chi connectivity index (χ3v) is 5.85. The number of amides is 1. The van der Waals surface area contributed by atoms with Crippen LogP contribution in [0.25, 0.3) is 0 Å². The number of hydrogen-bond acceptors (Lipinski definition) is 5. The highest BCUT2D eigenvalue weighted by molar-refractivity contribution is 6.30. The molecule has 1 fully saturated rings. The molecular weight excluding hydrogens is 483 g/mol. The molecule has 1 amide bonds. The Kier molecular flexibility index (Phi) is 8.10. The fraction of sp³-hybridized carbons (Fsp3) is 0.360. The van der Waals surface area contributed by atoms with Crippen LogP contribution < -0.4 is 5.32 Å². The zero-order chi connectivity index (χ0) is 24.8. The average molecular weight is 508 g/mol. The fourth-order valence-electron chi connectivity index (χ4n) is 3.95. The predicted molar refractivity (Wildman–Crippen MR) is 124 cm³/mol. The molecule has 186 valence electrons. The minimum atomic E-state index is -4.43. The van der Waals surface area contributed by atoms with Crippen LogP contribution in [0, 0.1) is 0 Å². The first-order valence-corrected chi connectivity index (χ1v) is 11.6. The van der Waals surface area contributed by atoms with E-state index in [9.17, 15) is 18.0 Å². The van der Waals surface area contributed by atoms with Crippen LogP contribution in [-0.4, -0.2) is 35.0 Å². The third kappa shape index (κ3) is 7.30. The lowest BCUT2D eigenvalue weighted by Crippen LogP contribution is -2.32. The lowest BCUT2D eigenvalue weighted by molar-refractivity contribution is -0.137. The van der Waals surface area contributed by atoms with Gasteiger partial charge in [-0.2, -0.15) is 13.2 Å². The average Bonchev–Trinajstić information content (AvgIpc) is 3.49. The summed E-state index contributed by atoms with van der Waals surface area (Å²) in [5.41, 5.74) is 0.798. The van der Waals surface area contributed by atoms with E-state index >= 15 is 0 Å². The van der Waals surface area contributed by atoms with Gasteiger partial charge in [-0.15, -0.1) is 0 Å². The van der Waals surface area contributed by atoms with Gasteiger partial charge in [0.1, 0.15) is 6.26 Å². The van der Waals surface area contributed by atoms with Crippen molar-refractivity contribution >= 4 is 17.5 Å². The summed E-state index contributed by atoms with van der Waals surface area (Å²) < 4.78 is 50.6. The monoisotopic (exact) mass is 507 g/mol. The second-order valence-electron chi connectivity index (χ2n) is 8.44. The number of benzene rings is 2. The van der Waals surface area contributed by atoms with Crippen LogP contribution in [0.2, 0.25) is 5.02 Å². The largest absolute Gasteiger partial charge is 0.447 e. The first-order chi connectivity index (χ1) is 16.8. The molecule has 1 saturated heterocycles. The summed E-state index contributed by atoms with van der Waals surface area (Å²) in [4.78, 5) is 18.6. The first-order valence-electron chi connectivity index (χ1n) is 11.2. The van der Waals surface area contributed by atoms with Crippen LogP contribution in [0.3, 0.4) is 0 Å². The van der Waals surface area contributed by atoms with Crippen molar-refractivity contribution in [3.63, 3.8) is 0 Å². The third-order valence-electron chi connectivity index (χ3n) is 5.61. The van der Waals surface area contributed by atoms with E-state index < -0.39 is 11.7 Å². The van der Waals surface area contributed by atoms with Crippen LogP contribution >= 0.6 is 11.6 Å². The van der Waals surface area contributed by atoms with Crippen LogP contribution in [0.4, 0.5) is 13.2 Å². The standard InChI is InChI=1S/C25H25ClF3N3O3/c26-20-7-2-5-18(11-20)14-32(13-17-4-1-6-19(10-17)25(27,28)29)15-23-31-22(16-35-23)24(33)30-12-21-8-3-9-34-21/h1-2,4-7,10-11,16,21H,3,8-9,12-15H2,(H,30,33)/t21-/m1/s1. The highest BCUT2D eigenvalue weighted by Gasteiger charge is 2.30. The second-order valence-corrected chi connectivity index (χ2v) is 8.88. The molecule has 1 aliphatic rings. The molecule has 2 aromatic carbocycles. The number of aromatic nitrogens is 1. The normalized spacial score (nSPS) is 16.1. The maximum Gasteiger partial charge on any atom is 0.416 e. The first kappa shape index (κ1) is 25.2. The number of halogens is 4. The number of hydrogen-bond donors (Lipinski definition) is 1. The van der Waals surface area contributed by atoms with Crippen LogP contribution in [0.5, 0.6) is 0 Å². The smallest absolute Gasteiger partial charge is 0.416 e. The van der Waals surface area contributed by atoms with E-state index in [2.05, 4.69) is 10.3 Å². The van der Waals surface area contributed by atoms with E-state index in [0.29, 0.717) is 30.3 Å². The molecular formula is C25H25ClF3N3O3. The molecule has 1 atom stereocenters. The molecule has 0 radical (unpaired) electrons. The Labute approximate surface area is 206 Å². The van der Waals surface area contributed by atoms with Gasteiger partial charge in [0.15, 0.2) is 5.69 Å².